The van der Waals surface area contributed by atoms with Gasteiger partial charge in [0.1, 0.15) is 11.9 Å². The van der Waals surface area contributed by atoms with Crippen molar-refractivity contribution < 1.29 is 55.6 Å². The number of rotatable bonds is 4. The van der Waals surface area contributed by atoms with Crippen molar-refractivity contribution in [1.29, 1.82) is 0 Å². The first-order valence-corrected chi connectivity index (χ1v) is 11.2. The zero-order valence-corrected chi connectivity index (χ0v) is 19.3. The van der Waals surface area contributed by atoms with E-state index in [1.807, 2.05) is 12.1 Å². The molecule has 2 fully saturated rings. The van der Waals surface area contributed by atoms with Crippen LogP contribution in [-0.4, -0.2) is 75.8 Å². The van der Waals surface area contributed by atoms with Gasteiger partial charge in [-0.2, -0.15) is 37.7 Å². The molecule has 8 nitrogen and oxygen atoms in total. The summed E-state index contributed by atoms with van der Waals surface area (Å²) in [5, 5.41) is 18.6. The van der Waals surface area contributed by atoms with E-state index in [1.165, 1.54) is 5.56 Å². The van der Waals surface area contributed by atoms with Crippen molar-refractivity contribution in [3.8, 4) is 5.75 Å². The summed E-state index contributed by atoms with van der Waals surface area (Å²) in [5.74, 6) is -4.68. The number of carbonyl (C=O) groups is 2. The molecule has 200 valence electrons. The van der Waals surface area contributed by atoms with Gasteiger partial charge in [0.25, 0.3) is 0 Å². The third-order valence-electron chi connectivity index (χ3n) is 4.98. The molecular weight excluding hydrogens is 522 g/mol. The van der Waals surface area contributed by atoms with E-state index < -0.39 is 24.3 Å². The Morgan fingerprint density at radius 2 is 1.81 bits per heavy atom. The van der Waals surface area contributed by atoms with Gasteiger partial charge in [-0.05, 0) is 40.9 Å². The van der Waals surface area contributed by atoms with Gasteiger partial charge in [-0.3, -0.25) is 9.88 Å². The zero-order valence-electron chi connectivity index (χ0n) is 18.5. The summed E-state index contributed by atoms with van der Waals surface area (Å²) in [7, 11) is 0. The number of carboxylic acids is 2. The average molecular weight is 544 g/mol. The van der Waals surface area contributed by atoms with E-state index in [0.717, 1.165) is 38.2 Å². The highest BCUT2D eigenvalue weighted by Gasteiger charge is 2.46. The maximum atomic E-state index is 10.6. The quantitative estimate of drug-likeness (QED) is 0.551. The number of aromatic nitrogens is 1. The highest BCUT2D eigenvalue weighted by Crippen LogP contribution is 2.37. The van der Waals surface area contributed by atoms with Gasteiger partial charge in [0.05, 0.1) is 18.4 Å². The fourth-order valence-corrected chi connectivity index (χ4v) is 4.13. The van der Waals surface area contributed by atoms with Gasteiger partial charge in [-0.25, -0.2) is 9.59 Å². The van der Waals surface area contributed by atoms with Gasteiger partial charge in [-0.15, -0.1) is 0 Å². The summed E-state index contributed by atoms with van der Waals surface area (Å²) in [6.45, 7) is 3.83. The topological polar surface area (TPSA) is 109 Å². The van der Waals surface area contributed by atoms with Crippen molar-refractivity contribution in [2.24, 2.45) is 0 Å². The summed E-state index contributed by atoms with van der Waals surface area (Å²) in [4.78, 5) is 24.4. The van der Waals surface area contributed by atoms with Crippen molar-refractivity contribution >= 4 is 23.3 Å². The highest BCUT2D eigenvalue weighted by atomic mass is 32.1. The molecule has 15 heteroatoms. The molecule has 36 heavy (non-hydrogen) atoms. The number of alkyl halides is 6. The Labute approximate surface area is 205 Å². The first-order valence-electron chi connectivity index (χ1n) is 10.2. The highest BCUT2D eigenvalue weighted by molar-refractivity contribution is 7.07. The predicted molar refractivity (Wildman–Crippen MR) is 114 cm³/mol. The molecule has 2 aliphatic rings. The molecule has 0 unspecified atom stereocenters. The minimum Gasteiger partial charge on any atom is -0.486 e. The summed E-state index contributed by atoms with van der Waals surface area (Å²) in [6.07, 6.45) is -4.42. The molecule has 1 spiro atoms. The zero-order chi connectivity index (χ0) is 27.0. The third-order valence-corrected chi connectivity index (χ3v) is 5.71. The fraction of sp³-hybridized carbons (Fsp3) is 0.476. The molecule has 2 N–H and O–H groups in total. The molecule has 2 aromatic rings. The van der Waals surface area contributed by atoms with Crippen LogP contribution >= 0.6 is 11.3 Å². The van der Waals surface area contributed by atoms with Gasteiger partial charge in [0.2, 0.25) is 0 Å². The number of likely N-dealkylation sites (tertiary alicyclic amines) is 1. The largest absolute Gasteiger partial charge is 0.490 e. The Hall–Kier alpha value is -2.91. The molecule has 2 saturated heterocycles. The number of halogens is 6. The van der Waals surface area contributed by atoms with Crippen molar-refractivity contribution in [2.45, 2.75) is 43.4 Å². The van der Waals surface area contributed by atoms with Crippen molar-refractivity contribution in [1.82, 2.24) is 9.88 Å². The Balaban J connectivity index is 0.000000271. The van der Waals surface area contributed by atoms with E-state index in [4.69, 9.17) is 29.3 Å². The second kappa shape index (κ2) is 12.4. The lowest BCUT2D eigenvalue weighted by atomic mass is 9.98. The van der Waals surface area contributed by atoms with Gasteiger partial charge >= 0.3 is 24.3 Å². The van der Waals surface area contributed by atoms with Crippen LogP contribution in [0.5, 0.6) is 5.75 Å². The first-order chi connectivity index (χ1) is 16.7. The lowest BCUT2D eigenvalue weighted by Crippen LogP contribution is -2.33. The van der Waals surface area contributed by atoms with Crippen molar-refractivity contribution in [2.75, 3.05) is 19.7 Å². The normalized spacial score (nSPS) is 21.8. The number of hydrogen-bond acceptors (Lipinski definition) is 7. The molecule has 4 rings (SSSR count). The maximum Gasteiger partial charge on any atom is 0.490 e. The van der Waals surface area contributed by atoms with Crippen LogP contribution in [0.2, 0.25) is 0 Å². The number of pyridine rings is 1. The standard InChI is InChI=1S/C17H20N2O2S.2C2HF3O2/c1-2-15(9-18-5-1)21-16-8-17(20-11-16)4-6-19(13-17)10-14-3-7-22-12-14;2*3-2(4,5)1(6)7/h1-3,5,7,9,12,16H,4,6,8,10-11,13H2;2*(H,6,7)/t16-,17+;;/m1../s1. The van der Waals surface area contributed by atoms with Gasteiger partial charge in [0, 0.05) is 32.3 Å². The number of thiophene rings is 1. The number of nitrogens with zero attached hydrogens (tertiary/aromatic N) is 2. The SMILES string of the molecule is O=C(O)C(F)(F)F.O=C(O)C(F)(F)F.c1cncc(O[C@H]2CO[C@@]3(CCN(Cc4ccsc4)C3)C2)c1. The Kier molecular flexibility index (Phi) is 10.1. The molecule has 0 saturated carbocycles. The number of ether oxygens (including phenoxy) is 2. The third kappa shape index (κ3) is 9.62. The first kappa shape index (κ1) is 29.3. The van der Waals surface area contributed by atoms with E-state index in [9.17, 15) is 26.3 Å². The minimum atomic E-state index is -5.08. The molecule has 0 amide bonds. The van der Waals surface area contributed by atoms with Crippen LogP contribution in [0.1, 0.15) is 18.4 Å². The number of carboxylic acid groups (broad SMARTS) is 2. The number of aliphatic carboxylic acids is 2. The van der Waals surface area contributed by atoms with Gasteiger partial charge in [0.15, 0.2) is 0 Å². The molecule has 0 radical (unpaired) electrons. The fourth-order valence-electron chi connectivity index (χ4n) is 3.48. The Bertz CT molecular complexity index is 950. The van der Waals surface area contributed by atoms with Crippen LogP contribution < -0.4 is 4.74 Å². The minimum absolute atomic E-state index is 0.0110. The molecule has 0 aliphatic carbocycles. The van der Waals surface area contributed by atoms with Crippen LogP contribution in [0.3, 0.4) is 0 Å². The van der Waals surface area contributed by atoms with Crippen LogP contribution in [0.25, 0.3) is 0 Å². The summed E-state index contributed by atoms with van der Waals surface area (Å²) < 4.78 is 75.6. The summed E-state index contributed by atoms with van der Waals surface area (Å²) >= 11 is 1.76. The van der Waals surface area contributed by atoms with Gasteiger partial charge in [-0.1, -0.05) is 0 Å². The second-order valence-corrected chi connectivity index (χ2v) is 8.60. The van der Waals surface area contributed by atoms with Crippen LogP contribution in [-0.2, 0) is 20.9 Å². The summed E-state index contributed by atoms with van der Waals surface area (Å²) in [6, 6.07) is 6.06. The predicted octanol–water partition coefficient (Wildman–Crippen LogP) is 4.22. The average Bonchev–Trinajstić information content (AvgIpc) is 3.52. The van der Waals surface area contributed by atoms with E-state index in [-0.39, 0.29) is 11.7 Å². The molecule has 0 bridgehead atoms. The van der Waals surface area contributed by atoms with Crippen molar-refractivity contribution in [3.63, 3.8) is 0 Å². The summed E-state index contributed by atoms with van der Waals surface area (Å²) in [5.41, 5.74) is 1.39. The monoisotopic (exact) mass is 544 g/mol. The number of hydrogen-bond donors (Lipinski definition) is 2. The van der Waals surface area contributed by atoms with Crippen LogP contribution in [0.15, 0.2) is 41.4 Å². The molecule has 2 aromatic heterocycles. The lowest BCUT2D eigenvalue weighted by Gasteiger charge is -2.23. The Morgan fingerprint density at radius 1 is 1.17 bits per heavy atom. The van der Waals surface area contributed by atoms with E-state index in [1.54, 1.807) is 23.7 Å². The molecule has 2 atom stereocenters. The van der Waals surface area contributed by atoms with E-state index in [2.05, 4.69) is 26.7 Å². The molecular formula is C21H22F6N2O6S. The molecule has 2 aliphatic heterocycles. The van der Waals surface area contributed by atoms with Crippen LogP contribution in [0, 0.1) is 0 Å². The van der Waals surface area contributed by atoms with Gasteiger partial charge < -0.3 is 19.7 Å². The lowest BCUT2D eigenvalue weighted by molar-refractivity contribution is -0.193. The van der Waals surface area contributed by atoms with E-state index in [0.29, 0.717) is 6.61 Å². The van der Waals surface area contributed by atoms with Crippen molar-refractivity contribution in [3.05, 3.63) is 46.9 Å². The second-order valence-electron chi connectivity index (χ2n) is 7.82. The molecule has 4 heterocycles. The van der Waals surface area contributed by atoms with Crippen LogP contribution in [0.4, 0.5) is 26.3 Å². The Morgan fingerprint density at radius 3 is 2.31 bits per heavy atom. The van der Waals surface area contributed by atoms with E-state index >= 15 is 0 Å². The smallest absolute Gasteiger partial charge is 0.486 e. The maximum absolute atomic E-state index is 10.6. The molecule has 0 aromatic carbocycles.